The van der Waals surface area contributed by atoms with E-state index in [9.17, 15) is 9.18 Å². The van der Waals surface area contributed by atoms with Crippen LogP contribution in [0.1, 0.15) is 5.69 Å². The Kier molecular flexibility index (Phi) is 4.82. The number of benzene rings is 1. The van der Waals surface area contributed by atoms with E-state index < -0.39 is 0 Å². The maximum absolute atomic E-state index is 13.1. The molecule has 7 nitrogen and oxygen atoms in total. The summed E-state index contributed by atoms with van der Waals surface area (Å²) in [4.78, 5) is 13.8. The monoisotopic (exact) mass is 320 g/mol. The van der Waals surface area contributed by atoms with Crippen LogP contribution in [-0.2, 0) is 22.7 Å². The highest BCUT2D eigenvalue weighted by Crippen LogP contribution is 2.13. The molecule has 1 aromatic heterocycles. The van der Waals surface area contributed by atoms with Gasteiger partial charge in [0.25, 0.3) is 0 Å². The highest BCUT2D eigenvalue weighted by Gasteiger charge is 2.17. The first-order chi connectivity index (χ1) is 11.2. The third kappa shape index (κ3) is 4.26. The van der Waals surface area contributed by atoms with Crippen molar-refractivity contribution in [2.75, 3.05) is 26.3 Å². The largest absolute Gasteiger partial charge is 0.487 e. The van der Waals surface area contributed by atoms with Gasteiger partial charge in [0, 0.05) is 19.2 Å². The minimum atomic E-state index is -0.359. The molecule has 1 aliphatic rings. The van der Waals surface area contributed by atoms with Gasteiger partial charge in [0.05, 0.1) is 19.4 Å². The molecule has 0 N–H and O–H groups in total. The van der Waals surface area contributed by atoms with Gasteiger partial charge < -0.3 is 14.4 Å². The molecule has 0 spiro atoms. The van der Waals surface area contributed by atoms with Crippen LogP contribution < -0.4 is 4.74 Å². The first-order valence-corrected chi connectivity index (χ1v) is 7.33. The number of hydrogen-bond acceptors (Lipinski definition) is 5. The van der Waals surface area contributed by atoms with Crippen LogP contribution in [-0.4, -0.2) is 52.1 Å². The van der Waals surface area contributed by atoms with Gasteiger partial charge in [0.15, 0.2) is 0 Å². The number of aromatic nitrogens is 3. The van der Waals surface area contributed by atoms with Gasteiger partial charge in [0.1, 0.15) is 30.4 Å². The Hall–Kier alpha value is -2.48. The van der Waals surface area contributed by atoms with Crippen molar-refractivity contribution in [1.29, 1.82) is 0 Å². The number of carbonyl (C=O) groups excluding carboxylic acids is 1. The summed E-state index contributed by atoms with van der Waals surface area (Å²) in [5.41, 5.74) is 0.573. The van der Waals surface area contributed by atoms with Crippen molar-refractivity contribution in [1.82, 2.24) is 19.9 Å². The molecule has 1 saturated heterocycles. The summed E-state index contributed by atoms with van der Waals surface area (Å²) in [5.74, 6) is 0.0435. The fraction of sp³-hybridized carbons (Fsp3) is 0.400. The van der Waals surface area contributed by atoms with Crippen LogP contribution in [0.2, 0.25) is 0 Å². The minimum Gasteiger partial charge on any atom is -0.487 e. The molecule has 1 aromatic carbocycles. The summed E-state index contributed by atoms with van der Waals surface area (Å²) in [6, 6.07) is 5.88. The SMILES string of the molecule is O=C(Cn1cc(COc2cccc(F)c2)nn1)N1CCOCC1. The highest BCUT2D eigenvalue weighted by atomic mass is 19.1. The fourth-order valence-electron chi connectivity index (χ4n) is 2.25. The third-order valence-electron chi connectivity index (χ3n) is 3.43. The molecule has 23 heavy (non-hydrogen) atoms. The number of ether oxygens (including phenoxy) is 2. The number of carbonyl (C=O) groups is 1. The Morgan fingerprint density at radius 2 is 2.17 bits per heavy atom. The average molecular weight is 320 g/mol. The van der Waals surface area contributed by atoms with Crippen LogP contribution >= 0.6 is 0 Å². The predicted molar refractivity (Wildman–Crippen MR) is 78.2 cm³/mol. The van der Waals surface area contributed by atoms with Crippen molar-refractivity contribution in [2.24, 2.45) is 0 Å². The average Bonchev–Trinajstić information content (AvgIpc) is 3.01. The zero-order valence-corrected chi connectivity index (χ0v) is 12.5. The Morgan fingerprint density at radius 3 is 2.96 bits per heavy atom. The number of morpholine rings is 1. The zero-order valence-electron chi connectivity index (χ0n) is 12.5. The van der Waals surface area contributed by atoms with Gasteiger partial charge in [-0.3, -0.25) is 4.79 Å². The summed E-state index contributed by atoms with van der Waals surface area (Å²) in [5, 5.41) is 7.87. The number of amides is 1. The molecule has 0 saturated carbocycles. The first-order valence-electron chi connectivity index (χ1n) is 7.33. The standard InChI is InChI=1S/C15H17FN4O3/c16-12-2-1-3-14(8-12)23-11-13-9-20(18-17-13)10-15(21)19-4-6-22-7-5-19/h1-3,8-9H,4-7,10-11H2. The summed E-state index contributed by atoms with van der Waals surface area (Å²) in [7, 11) is 0. The van der Waals surface area contributed by atoms with Crippen molar-refractivity contribution in [3.05, 3.63) is 42.0 Å². The van der Waals surface area contributed by atoms with Gasteiger partial charge >= 0.3 is 0 Å². The van der Waals surface area contributed by atoms with Gasteiger partial charge in [0.2, 0.25) is 5.91 Å². The number of hydrogen-bond donors (Lipinski definition) is 0. The topological polar surface area (TPSA) is 69.5 Å². The maximum Gasteiger partial charge on any atom is 0.244 e. The lowest BCUT2D eigenvalue weighted by atomic mass is 10.3. The summed E-state index contributed by atoms with van der Waals surface area (Å²) < 4.78 is 25.2. The van der Waals surface area contributed by atoms with Crippen molar-refractivity contribution in [3.63, 3.8) is 0 Å². The molecule has 0 radical (unpaired) electrons. The summed E-state index contributed by atoms with van der Waals surface area (Å²) in [6.07, 6.45) is 1.65. The molecular formula is C15H17FN4O3. The zero-order chi connectivity index (χ0) is 16.1. The lowest BCUT2D eigenvalue weighted by Crippen LogP contribution is -2.42. The Balaban J connectivity index is 1.52. The van der Waals surface area contributed by atoms with Gasteiger partial charge in [-0.25, -0.2) is 9.07 Å². The molecule has 1 amide bonds. The van der Waals surface area contributed by atoms with E-state index in [0.717, 1.165) is 0 Å². The molecule has 2 heterocycles. The van der Waals surface area contributed by atoms with Gasteiger partial charge in [-0.15, -0.1) is 5.10 Å². The van der Waals surface area contributed by atoms with Gasteiger partial charge in [-0.2, -0.15) is 0 Å². The molecular weight excluding hydrogens is 303 g/mol. The predicted octanol–water partition coefficient (Wildman–Crippen LogP) is 0.855. The molecule has 3 rings (SSSR count). The summed E-state index contributed by atoms with van der Waals surface area (Å²) >= 11 is 0. The molecule has 1 fully saturated rings. The van der Waals surface area contributed by atoms with E-state index in [1.807, 2.05) is 0 Å². The quantitative estimate of drug-likeness (QED) is 0.817. The van der Waals surface area contributed by atoms with Gasteiger partial charge in [-0.1, -0.05) is 11.3 Å². The highest BCUT2D eigenvalue weighted by molar-refractivity contribution is 5.75. The van der Waals surface area contributed by atoms with Crippen molar-refractivity contribution >= 4 is 5.91 Å². The van der Waals surface area contributed by atoms with Crippen LogP contribution in [0.4, 0.5) is 4.39 Å². The van der Waals surface area contributed by atoms with Crippen molar-refractivity contribution in [2.45, 2.75) is 13.2 Å². The normalized spacial score (nSPS) is 14.7. The molecule has 0 bridgehead atoms. The third-order valence-corrected chi connectivity index (χ3v) is 3.43. The molecule has 8 heteroatoms. The van der Waals surface area contributed by atoms with Crippen LogP contribution in [0.3, 0.4) is 0 Å². The lowest BCUT2D eigenvalue weighted by Gasteiger charge is -2.26. The number of nitrogens with zero attached hydrogens (tertiary/aromatic N) is 4. The van der Waals surface area contributed by atoms with Crippen LogP contribution in [0.15, 0.2) is 30.5 Å². The number of rotatable bonds is 5. The minimum absolute atomic E-state index is 0.0178. The maximum atomic E-state index is 13.1. The molecule has 1 aliphatic heterocycles. The van der Waals surface area contributed by atoms with E-state index in [-0.39, 0.29) is 24.9 Å². The second-order valence-corrected chi connectivity index (χ2v) is 5.15. The van der Waals surface area contributed by atoms with E-state index in [0.29, 0.717) is 37.7 Å². The molecule has 0 aliphatic carbocycles. The fourth-order valence-corrected chi connectivity index (χ4v) is 2.25. The lowest BCUT2D eigenvalue weighted by molar-refractivity contribution is -0.136. The summed E-state index contributed by atoms with van der Waals surface area (Å²) in [6.45, 7) is 2.62. The van der Waals surface area contributed by atoms with Crippen LogP contribution in [0.25, 0.3) is 0 Å². The molecule has 122 valence electrons. The van der Waals surface area contributed by atoms with Crippen molar-refractivity contribution < 1.29 is 18.7 Å². The second kappa shape index (κ2) is 7.19. The van der Waals surface area contributed by atoms with Crippen molar-refractivity contribution in [3.8, 4) is 5.75 Å². The van der Waals surface area contributed by atoms with E-state index in [2.05, 4.69) is 10.3 Å². The smallest absolute Gasteiger partial charge is 0.244 e. The Labute approximate surface area is 132 Å². The number of halogens is 1. The second-order valence-electron chi connectivity index (χ2n) is 5.15. The van der Waals surface area contributed by atoms with Crippen LogP contribution in [0, 0.1) is 5.82 Å². The van der Waals surface area contributed by atoms with Gasteiger partial charge in [-0.05, 0) is 12.1 Å². The Bertz CT molecular complexity index is 670. The Morgan fingerprint density at radius 1 is 1.35 bits per heavy atom. The van der Waals surface area contributed by atoms with E-state index in [1.54, 1.807) is 23.2 Å². The van der Waals surface area contributed by atoms with E-state index in [1.165, 1.54) is 16.8 Å². The first kappa shape index (κ1) is 15.4. The van der Waals surface area contributed by atoms with Crippen LogP contribution in [0.5, 0.6) is 5.75 Å². The molecule has 0 atom stereocenters. The van der Waals surface area contributed by atoms with E-state index in [4.69, 9.17) is 9.47 Å². The molecule has 2 aromatic rings. The van der Waals surface area contributed by atoms with E-state index >= 15 is 0 Å². The molecule has 0 unspecified atom stereocenters.